The van der Waals surface area contributed by atoms with Gasteiger partial charge in [0.05, 0.1) is 0 Å². The maximum Gasteiger partial charge on any atom is 0.161 e. The van der Waals surface area contributed by atoms with Crippen LogP contribution in [0.3, 0.4) is 0 Å². The van der Waals surface area contributed by atoms with Crippen molar-refractivity contribution in [1.82, 2.24) is 0 Å². The Bertz CT molecular complexity index is 61.4. The summed E-state index contributed by atoms with van der Waals surface area (Å²) in [5.74, 6) is 0.827. The van der Waals surface area contributed by atoms with E-state index in [1.807, 2.05) is 0 Å². The molecule has 0 aromatic heterocycles. The van der Waals surface area contributed by atoms with Crippen molar-refractivity contribution in [2.24, 2.45) is 0 Å². The summed E-state index contributed by atoms with van der Waals surface area (Å²) in [7, 11) is 0.00849. The molecule has 1 heterocycles. The molecule has 12 heavy (non-hydrogen) atoms. The fourth-order valence-corrected chi connectivity index (χ4v) is 2.39. The van der Waals surface area contributed by atoms with E-state index >= 15 is 0 Å². The average Bonchev–Trinajstić information content (AvgIpc) is 2.18. The molecule has 74 valence electrons. The Morgan fingerprint density at radius 3 is 2.33 bits per heavy atom. The number of hydrogen-bond acceptors (Lipinski definition) is 1. The van der Waals surface area contributed by atoms with E-state index in [-0.39, 0.29) is 9.76 Å². The second-order valence-electron chi connectivity index (χ2n) is 3.07. The fourth-order valence-electron chi connectivity index (χ4n) is 1.03. The molecule has 0 aromatic carbocycles. The van der Waals surface area contributed by atoms with Gasteiger partial charge in [-0.2, -0.15) is 0 Å². The van der Waals surface area contributed by atoms with Crippen LogP contribution in [0.15, 0.2) is 0 Å². The van der Waals surface area contributed by atoms with Crippen LogP contribution in [0.5, 0.6) is 0 Å². The van der Waals surface area contributed by atoms with Crippen molar-refractivity contribution < 1.29 is 4.43 Å². The van der Waals surface area contributed by atoms with Crippen LogP contribution in [0, 0.1) is 0 Å². The summed E-state index contributed by atoms with van der Waals surface area (Å²) in [6, 6.07) is 1.42. The molecule has 0 aromatic rings. The summed E-state index contributed by atoms with van der Waals surface area (Å²) >= 11 is 5.38. The van der Waals surface area contributed by atoms with Gasteiger partial charge in [0.25, 0.3) is 0 Å². The highest BCUT2D eigenvalue weighted by atomic mass is 35.5. The highest BCUT2D eigenvalue weighted by Crippen LogP contribution is 2.01. The zero-order valence-electron chi connectivity index (χ0n) is 8.15. The van der Waals surface area contributed by atoms with Crippen LogP contribution in [0.25, 0.3) is 0 Å². The Hall–Kier alpha value is 0.467. The summed E-state index contributed by atoms with van der Waals surface area (Å²) in [6.45, 7) is 3.23. The predicted molar refractivity (Wildman–Crippen MR) is 58.8 cm³/mol. The number of rotatable bonds is 3. The van der Waals surface area contributed by atoms with E-state index in [1.165, 1.54) is 38.1 Å². The normalized spacial score (nSPS) is 18.5. The molecule has 0 spiro atoms. The van der Waals surface area contributed by atoms with Crippen molar-refractivity contribution in [1.29, 1.82) is 0 Å². The second-order valence-corrected chi connectivity index (χ2v) is 4.97. The Morgan fingerprint density at radius 1 is 1.33 bits per heavy atom. The first-order valence-corrected chi connectivity index (χ1v) is 7.16. The van der Waals surface area contributed by atoms with Gasteiger partial charge in [-0.1, -0.05) is 26.2 Å². The van der Waals surface area contributed by atoms with Gasteiger partial charge in [0.1, 0.15) is 0 Å². The van der Waals surface area contributed by atoms with Crippen LogP contribution in [0.4, 0.5) is 0 Å². The lowest BCUT2D eigenvalue weighted by Crippen LogP contribution is -2.06. The van der Waals surface area contributed by atoms with E-state index in [0.29, 0.717) is 0 Å². The number of alkyl halides is 1. The third-order valence-electron chi connectivity index (χ3n) is 1.81. The minimum absolute atomic E-state index is 0.00849. The van der Waals surface area contributed by atoms with Crippen LogP contribution in [-0.4, -0.2) is 22.3 Å². The SMILES string of the molecule is C1CC[SiH2]OC1.CCCCCCl. The Kier molecular flexibility index (Phi) is 11.9. The van der Waals surface area contributed by atoms with Gasteiger partial charge in [0.15, 0.2) is 9.76 Å². The summed E-state index contributed by atoms with van der Waals surface area (Å²) in [5.41, 5.74) is 0. The van der Waals surface area contributed by atoms with E-state index in [1.54, 1.807) is 0 Å². The molecular formula is C9H21ClOSi. The molecule has 1 aliphatic heterocycles. The van der Waals surface area contributed by atoms with Crippen LogP contribution in [0.2, 0.25) is 6.04 Å². The van der Waals surface area contributed by atoms with Crippen molar-refractivity contribution in [3.8, 4) is 0 Å². The van der Waals surface area contributed by atoms with Crippen LogP contribution in [0.1, 0.15) is 39.0 Å². The van der Waals surface area contributed by atoms with E-state index in [2.05, 4.69) is 6.92 Å². The van der Waals surface area contributed by atoms with Crippen molar-refractivity contribution in [2.75, 3.05) is 12.5 Å². The fraction of sp³-hybridized carbons (Fsp3) is 1.00. The molecule has 1 fully saturated rings. The third kappa shape index (κ3) is 10.5. The Labute approximate surface area is 83.8 Å². The zero-order chi connectivity index (χ0) is 9.07. The van der Waals surface area contributed by atoms with Crippen molar-refractivity contribution in [3.05, 3.63) is 0 Å². The maximum absolute atomic E-state index is 5.38. The van der Waals surface area contributed by atoms with E-state index in [4.69, 9.17) is 16.0 Å². The molecule has 0 amide bonds. The molecule has 0 atom stereocenters. The van der Waals surface area contributed by atoms with Crippen molar-refractivity contribution >= 4 is 21.4 Å². The topological polar surface area (TPSA) is 9.23 Å². The van der Waals surface area contributed by atoms with E-state index < -0.39 is 0 Å². The highest BCUT2D eigenvalue weighted by molar-refractivity contribution is 6.27. The second kappa shape index (κ2) is 11.5. The first-order valence-electron chi connectivity index (χ1n) is 5.05. The van der Waals surface area contributed by atoms with Crippen LogP contribution in [-0.2, 0) is 4.43 Å². The summed E-state index contributed by atoms with van der Waals surface area (Å²) in [4.78, 5) is 0. The van der Waals surface area contributed by atoms with Crippen LogP contribution < -0.4 is 0 Å². The highest BCUT2D eigenvalue weighted by Gasteiger charge is 1.96. The Morgan fingerprint density at radius 2 is 2.17 bits per heavy atom. The average molecular weight is 209 g/mol. The van der Waals surface area contributed by atoms with Gasteiger partial charge in [-0.15, -0.1) is 11.6 Å². The summed E-state index contributed by atoms with van der Waals surface area (Å²) in [5, 5.41) is 0. The summed E-state index contributed by atoms with van der Waals surface area (Å²) < 4.78 is 5.21. The molecule has 1 nitrogen and oxygen atoms in total. The van der Waals surface area contributed by atoms with Crippen molar-refractivity contribution in [3.63, 3.8) is 0 Å². The molecule has 0 radical (unpaired) electrons. The van der Waals surface area contributed by atoms with E-state index in [9.17, 15) is 0 Å². The smallest absolute Gasteiger partial charge is 0.161 e. The first-order chi connectivity index (χ1) is 5.91. The van der Waals surface area contributed by atoms with Gasteiger partial charge >= 0.3 is 0 Å². The molecular weight excluding hydrogens is 188 g/mol. The predicted octanol–water partition coefficient (Wildman–Crippen LogP) is 2.71. The Balaban J connectivity index is 0.000000202. The van der Waals surface area contributed by atoms with Gasteiger partial charge in [-0.3, -0.25) is 0 Å². The maximum atomic E-state index is 5.38. The lowest BCUT2D eigenvalue weighted by molar-refractivity contribution is 0.304. The molecule has 1 aliphatic rings. The molecule has 0 N–H and O–H groups in total. The zero-order valence-corrected chi connectivity index (χ0v) is 10.3. The van der Waals surface area contributed by atoms with E-state index in [0.717, 1.165) is 12.5 Å². The largest absolute Gasteiger partial charge is 0.424 e. The van der Waals surface area contributed by atoms with Crippen LogP contribution >= 0.6 is 11.6 Å². The van der Waals surface area contributed by atoms with Gasteiger partial charge in [-0.05, 0) is 18.9 Å². The molecule has 0 bridgehead atoms. The first kappa shape index (κ1) is 12.5. The lowest BCUT2D eigenvalue weighted by Gasteiger charge is -2.07. The van der Waals surface area contributed by atoms with Gasteiger partial charge < -0.3 is 4.43 Å². The quantitative estimate of drug-likeness (QED) is 0.394. The monoisotopic (exact) mass is 208 g/mol. The lowest BCUT2D eigenvalue weighted by atomic mass is 10.3. The molecule has 0 aliphatic carbocycles. The third-order valence-corrected chi connectivity index (χ3v) is 3.45. The number of halogens is 1. The number of hydrogen-bond donors (Lipinski definition) is 0. The minimum atomic E-state index is 0.00849. The standard InChI is InChI=1S/C5H11Cl.C4H10OSi/c1-2-3-4-5-6;1-2-4-6-5-3-1/h2-5H2,1H3;1-4,6H2. The summed E-state index contributed by atoms with van der Waals surface area (Å²) in [6.07, 6.45) is 6.48. The van der Waals surface area contributed by atoms with Gasteiger partial charge in [0.2, 0.25) is 0 Å². The molecule has 1 saturated heterocycles. The molecule has 0 unspecified atom stereocenters. The molecule has 1 rings (SSSR count). The number of unbranched alkanes of at least 4 members (excludes halogenated alkanes) is 2. The van der Waals surface area contributed by atoms with Crippen molar-refractivity contribution in [2.45, 2.75) is 45.1 Å². The van der Waals surface area contributed by atoms with Gasteiger partial charge in [0, 0.05) is 12.5 Å². The molecule has 0 saturated carbocycles. The molecule has 3 heteroatoms. The van der Waals surface area contributed by atoms with Gasteiger partial charge in [-0.25, -0.2) is 0 Å². The minimum Gasteiger partial charge on any atom is -0.424 e.